The zero-order valence-corrected chi connectivity index (χ0v) is 14.6. The highest BCUT2D eigenvalue weighted by Crippen LogP contribution is 2.36. The van der Waals surface area contributed by atoms with E-state index < -0.39 is 28.8 Å². The number of hydrogen-bond donors (Lipinski definition) is 1. The van der Waals surface area contributed by atoms with Gasteiger partial charge in [-0.3, -0.25) is 9.48 Å². The molecule has 1 amide bonds. The summed E-state index contributed by atoms with van der Waals surface area (Å²) in [6, 6.07) is 4.25. The minimum absolute atomic E-state index is 0.0738. The molecule has 0 saturated carbocycles. The molecule has 3 rings (SSSR count). The van der Waals surface area contributed by atoms with Crippen molar-refractivity contribution in [3.05, 3.63) is 40.2 Å². The molecule has 6 nitrogen and oxygen atoms in total. The van der Waals surface area contributed by atoms with Crippen LogP contribution in [0.25, 0.3) is 0 Å². The van der Waals surface area contributed by atoms with E-state index in [1.807, 2.05) is 0 Å². The third-order valence-electron chi connectivity index (χ3n) is 4.00. The number of carbonyl (C=O) groups is 1. The van der Waals surface area contributed by atoms with Gasteiger partial charge in [-0.1, -0.05) is 17.7 Å². The summed E-state index contributed by atoms with van der Waals surface area (Å²) in [5.74, 6) is 0.711. The number of alkyl halides is 3. The molecule has 0 fully saturated rings. The molecule has 0 saturated heterocycles. The Balaban J connectivity index is 1.70. The van der Waals surface area contributed by atoms with Crippen molar-refractivity contribution in [3.63, 3.8) is 0 Å². The third-order valence-corrected chi connectivity index (χ3v) is 4.45. The predicted octanol–water partition coefficient (Wildman–Crippen LogP) is 3.47. The van der Waals surface area contributed by atoms with Crippen LogP contribution in [0.1, 0.15) is 29.9 Å². The van der Waals surface area contributed by atoms with Gasteiger partial charge in [0.1, 0.15) is 6.04 Å². The molecule has 1 aliphatic rings. The van der Waals surface area contributed by atoms with Gasteiger partial charge in [-0.25, -0.2) is 0 Å². The van der Waals surface area contributed by atoms with E-state index in [1.54, 1.807) is 18.2 Å². The van der Waals surface area contributed by atoms with Crippen molar-refractivity contribution in [2.24, 2.45) is 0 Å². The van der Waals surface area contributed by atoms with Crippen molar-refractivity contribution < 1.29 is 27.4 Å². The van der Waals surface area contributed by atoms with E-state index in [4.69, 9.17) is 21.1 Å². The van der Waals surface area contributed by atoms with Crippen LogP contribution in [-0.2, 0) is 17.5 Å². The highest BCUT2D eigenvalue weighted by molar-refractivity contribution is 6.32. The molecule has 140 valence electrons. The lowest BCUT2D eigenvalue weighted by Crippen LogP contribution is -2.31. The first-order chi connectivity index (χ1) is 12.2. The van der Waals surface area contributed by atoms with Gasteiger partial charge in [0.25, 0.3) is 0 Å². The summed E-state index contributed by atoms with van der Waals surface area (Å²) in [6.07, 6.45) is -4.68. The summed E-state index contributed by atoms with van der Waals surface area (Å²) >= 11 is 5.71. The largest absolute Gasteiger partial charge is 0.454 e. The molecule has 1 aromatic carbocycles. The lowest BCUT2D eigenvalue weighted by atomic mass is 10.2. The minimum Gasteiger partial charge on any atom is -0.454 e. The number of hydrogen-bond acceptors (Lipinski definition) is 4. The molecular weight excluding hydrogens is 375 g/mol. The Morgan fingerprint density at radius 1 is 1.38 bits per heavy atom. The maximum atomic E-state index is 12.9. The van der Waals surface area contributed by atoms with Gasteiger partial charge < -0.3 is 14.8 Å². The summed E-state index contributed by atoms with van der Waals surface area (Å²) in [5, 5.41) is 5.62. The zero-order chi connectivity index (χ0) is 19.1. The van der Waals surface area contributed by atoms with Gasteiger partial charge in [0.05, 0.1) is 10.7 Å². The summed E-state index contributed by atoms with van der Waals surface area (Å²) in [4.78, 5) is 12.3. The minimum atomic E-state index is -4.68. The molecule has 2 aromatic rings. The van der Waals surface area contributed by atoms with Crippen molar-refractivity contribution in [1.29, 1.82) is 0 Å². The fourth-order valence-corrected chi connectivity index (χ4v) is 2.79. The van der Waals surface area contributed by atoms with Gasteiger partial charge in [-0.05, 0) is 31.5 Å². The van der Waals surface area contributed by atoms with Crippen LogP contribution in [0.15, 0.2) is 18.2 Å². The Kier molecular flexibility index (Phi) is 4.74. The average molecular weight is 390 g/mol. The summed E-state index contributed by atoms with van der Waals surface area (Å²) < 4.78 is 50.1. The van der Waals surface area contributed by atoms with Crippen LogP contribution in [0.2, 0.25) is 5.02 Å². The van der Waals surface area contributed by atoms with Gasteiger partial charge in [-0.2, -0.15) is 18.3 Å². The summed E-state index contributed by atoms with van der Waals surface area (Å²) in [7, 11) is 0. The van der Waals surface area contributed by atoms with Crippen molar-refractivity contribution >= 4 is 17.5 Å². The van der Waals surface area contributed by atoms with Crippen LogP contribution in [0.4, 0.5) is 13.2 Å². The smallest absolute Gasteiger partial charge is 0.436 e. The number of fused-ring (bicyclic) bond motifs is 1. The average Bonchev–Trinajstić information content (AvgIpc) is 3.16. The molecule has 1 unspecified atom stereocenters. The number of ether oxygens (including phenoxy) is 2. The molecule has 2 heterocycles. The number of amides is 1. The molecule has 0 radical (unpaired) electrons. The van der Waals surface area contributed by atoms with Gasteiger partial charge >= 0.3 is 6.18 Å². The Labute approximate surface area is 151 Å². The third kappa shape index (κ3) is 3.44. The fourth-order valence-electron chi connectivity index (χ4n) is 2.56. The number of benzene rings is 1. The molecule has 0 bridgehead atoms. The monoisotopic (exact) mass is 389 g/mol. The number of rotatable bonds is 4. The second-order valence-electron chi connectivity index (χ2n) is 5.77. The van der Waals surface area contributed by atoms with E-state index in [2.05, 4.69) is 10.4 Å². The van der Waals surface area contributed by atoms with Crippen LogP contribution < -0.4 is 14.8 Å². The summed E-state index contributed by atoms with van der Waals surface area (Å²) in [5.41, 5.74) is -0.363. The Morgan fingerprint density at radius 3 is 2.73 bits per heavy atom. The first kappa shape index (κ1) is 18.4. The van der Waals surface area contributed by atoms with Gasteiger partial charge in [0.2, 0.25) is 12.7 Å². The standard InChI is InChI=1S/C16H15ClF3N3O3/c1-8-13(17)14(16(18,19)20)22-23(8)9(2)15(24)21-6-10-3-4-11-12(5-10)26-7-25-11/h3-5,9H,6-7H2,1-2H3,(H,21,24). The number of nitrogens with one attached hydrogen (secondary N) is 1. The number of nitrogens with zero attached hydrogens (tertiary/aromatic N) is 2. The van der Waals surface area contributed by atoms with Crippen molar-refractivity contribution in [1.82, 2.24) is 15.1 Å². The first-order valence-corrected chi connectivity index (χ1v) is 8.04. The van der Waals surface area contributed by atoms with Crippen LogP contribution in [0, 0.1) is 6.92 Å². The predicted molar refractivity (Wildman–Crippen MR) is 86.1 cm³/mol. The van der Waals surface area contributed by atoms with E-state index in [9.17, 15) is 18.0 Å². The lowest BCUT2D eigenvalue weighted by molar-refractivity contribution is -0.141. The number of carbonyl (C=O) groups excluding carboxylic acids is 1. The molecule has 1 aromatic heterocycles. The van der Waals surface area contributed by atoms with Crippen LogP contribution in [0.5, 0.6) is 11.5 Å². The first-order valence-electron chi connectivity index (χ1n) is 7.66. The van der Waals surface area contributed by atoms with E-state index in [-0.39, 0.29) is 19.0 Å². The maximum Gasteiger partial charge on any atom is 0.436 e. The lowest BCUT2D eigenvalue weighted by Gasteiger charge is -2.14. The highest BCUT2D eigenvalue weighted by Gasteiger charge is 2.39. The van der Waals surface area contributed by atoms with Gasteiger partial charge in [0.15, 0.2) is 17.2 Å². The molecule has 0 aliphatic carbocycles. The normalized spacial score (nSPS) is 14.4. The van der Waals surface area contributed by atoms with Crippen molar-refractivity contribution in [2.75, 3.05) is 6.79 Å². The SMILES string of the molecule is Cc1c(Cl)c(C(F)(F)F)nn1C(C)C(=O)NCc1ccc2c(c1)OCO2. The van der Waals surface area contributed by atoms with Gasteiger partial charge in [-0.15, -0.1) is 0 Å². The van der Waals surface area contributed by atoms with Crippen LogP contribution in [-0.4, -0.2) is 22.5 Å². The van der Waals surface area contributed by atoms with Gasteiger partial charge in [0, 0.05) is 6.54 Å². The maximum absolute atomic E-state index is 12.9. The second-order valence-corrected chi connectivity index (χ2v) is 6.15. The Morgan fingerprint density at radius 2 is 2.08 bits per heavy atom. The van der Waals surface area contributed by atoms with Crippen molar-refractivity contribution in [3.8, 4) is 11.5 Å². The molecule has 1 aliphatic heterocycles. The van der Waals surface area contributed by atoms with Crippen LogP contribution in [0.3, 0.4) is 0 Å². The van der Waals surface area contributed by atoms with E-state index in [0.717, 1.165) is 10.2 Å². The number of halogens is 4. The Bertz CT molecular complexity index is 851. The molecule has 1 atom stereocenters. The molecule has 1 N–H and O–H groups in total. The molecule has 10 heteroatoms. The zero-order valence-electron chi connectivity index (χ0n) is 13.9. The van der Waals surface area contributed by atoms with Crippen molar-refractivity contribution in [2.45, 2.75) is 32.6 Å². The van der Waals surface area contributed by atoms with E-state index in [1.165, 1.54) is 13.8 Å². The fraction of sp³-hybridized carbons (Fsp3) is 0.375. The number of aromatic nitrogens is 2. The molecular formula is C16H15ClF3N3O3. The molecule has 0 spiro atoms. The second kappa shape index (κ2) is 6.71. The van der Waals surface area contributed by atoms with E-state index in [0.29, 0.717) is 11.5 Å². The highest BCUT2D eigenvalue weighted by atomic mass is 35.5. The van der Waals surface area contributed by atoms with Crippen LogP contribution >= 0.6 is 11.6 Å². The topological polar surface area (TPSA) is 65.4 Å². The molecule has 26 heavy (non-hydrogen) atoms. The Hall–Kier alpha value is -2.42. The van der Waals surface area contributed by atoms with E-state index >= 15 is 0 Å². The summed E-state index contributed by atoms with van der Waals surface area (Å²) in [6.45, 7) is 3.15. The quantitative estimate of drug-likeness (QED) is 0.869.